The zero-order chi connectivity index (χ0) is 14.0. The summed E-state index contributed by atoms with van der Waals surface area (Å²) in [5.41, 5.74) is -0.132. The summed E-state index contributed by atoms with van der Waals surface area (Å²) in [7, 11) is 0. The maximum Gasteiger partial charge on any atom is 0.312 e. The molecule has 0 atom stereocenters. The van der Waals surface area contributed by atoms with Crippen LogP contribution >= 0.6 is 38.5 Å². The van der Waals surface area contributed by atoms with Gasteiger partial charge >= 0.3 is 5.69 Å². The normalized spacial score (nSPS) is 10.3. The Morgan fingerprint density at radius 1 is 1.26 bits per heavy atom. The van der Waals surface area contributed by atoms with Crippen molar-refractivity contribution in [1.82, 2.24) is 0 Å². The zero-order valence-electron chi connectivity index (χ0n) is 9.27. The maximum absolute atomic E-state index is 13.1. The van der Waals surface area contributed by atoms with E-state index in [1.54, 1.807) is 6.07 Å². The second-order valence-electron chi connectivity index (χ2n) is 3.55. The summed E-state index contributed by atoms with van der Waals surface area (Å²) in [6, 6.07) is 8.66. The van der Waals surface area contributed by atoms with Gasteiger partial charge < -0.3 is 4.74 Å². The minimum atomic E-state index is -0.518. The molecule has 4 nitrogen and oxygen atoms in total. The summed E-state index contributed by atoms with van der Waals surface area (Å²) in [5, 5.41) is 10.9. The summed E-state index contributed by atoms with van der Waals surface area (Å²) in [6.45, 7) is 0. The monoisotopic (exact) mass is 437 g/mol. The van der Waals surface area contributed by atoms with Gasteiger partial charge in [-0.05, 0) is 68.9 Å². The van der Waals surface area contributed by atoms with E-state index in [0.29, 0.717) is 5.75 Å². The molecule has 7 heteroatoms. The van der Waals surface area contributed by atoms with Crippen LogP contribution in [-0.4, -0.2) is 4.92 Å². The molecule has 0 saturated carbocycles. The van der Waals surface area contributed by atoms with Gasteiger partial charge in [0, 0.05) is 9.64 Å². The number of ether oxygens (including phenoxy) is 1. The lowest BCUT2D eigenvalue weighted by atomic mass is 10.3. The lowest BCUT2D eigenvalue weighted by molar-refractivity contribution is -0.385. The van der Waals surface area contributed by atoms with Gasteiger partial charge in [0.15, 0.2) is 0 Å². The molecule has 98 valence electrons. The van der Waals surface area contributed by atoms with Crippen molar-refractivity contribution in [2.75, 3.05) is 0 Å². The average molecular weight is 438 g/mol. The van der Waals surface area contributed by atoms with Gasteiger partial charge in [0.1, 0.15) is 11.6 Å². The van der Waals surface area contributed by atoms with Crippen LogP contribution in [0.25, 0.3) is 0 Å². The summed E-state index contributed by atoms with van der Waals surface area (Å²) >= 11 is 5.01. The third kappa shape index (κ3) is 3.41. The van der Waals surface area contributed by atoms with Gasteiger partial charge in [-0.3, -0.25) is 10.1 Å². The second kappa shape index (κ2) is 5.83. The van der Waals surface area contributed by atoms with Crippen LogP contribution in [0.5, 0.6) is 11.5 Å². The summed E-state index contributed by atoms with van der Waals surface area (Å²) in [5.74, 6) is 0.00553. The molecule has 0 aliphatic carbocycles. The molecule has 0 spiro atoms. The Labute approximate surface area is 130 Å². The van der Waals surface area contributed by atoms with Crippen LogP contribution in [0.1, 0.15) is 0 Å². The fraction of sp³-hybridized carbons (Fsp3) is 0. The predicted molar refractivity (Wildman–Crippen MR) is 80.0 cm³/mol. The molecular weight excluding hydrogens is 432 g/mol. The van der Waals surface area contributed by atoms with Crippen molar-refractivity contribution < 1.29 is 14.1 Å². The number of nitrogens with zero attached hydrogens (tertiary/aromatic N) is 1. The van der Waals surface area contributed by atoms with Gasteiger partial charge in [-0.2, -0.15) is 0 Å². The Balaban J connectivity index is 2.37. The molecule has 0 aromatic heterocycles. The van der Waals surface area contributed by atoms with Crippen LogP contribution in [0.4, 0.5) is 10.1 Å². The van der Waals surface area contributed by atoms with Crippen LogP contribution in [0.3, 0.4) is 0 Å². The topological polar surface area (TPSA) is 52.4 Å². The third-order valence-electron chi connectivity index (χ3n) is 2.24. The molecule has 0 amide bonds. The smallest absolute Gasteiger partial charge is 0.312 e. The number of nitro benzene ring substituents is 1. The Kier molecular flexibility index (Phi) is 4.35. The van der Waals surface area contributed by atoms with E-state index in [2.05, 4.69) is 15.9 Å². The molecule has 2 aromatic carbocycles. The van der Waals surface area contributed by atoms with Gasteiger partial charge in [0.25, 0.3) is 0 Å². The van der Waals surface area contributed by atoms with E-state index >= 15 is 0 Å². The van der Waals surface area contributed by atoms with Crippen molar-refractivity contribution in [2.45, 2.75) is 0 Å². The molecule has 0 N–H and O–H groups in total. The summed E-state index contributed by atoms with van der Waals surface area (Å²) in [4.78, 5) is 10.4. The van der Waals surface area contributed by atoms with Gasteiger partial charge in [0.05, 0.1) is 9.40 Å². The van der Waals surface area contributed by atoms with Crippen LogP contribution in [0.15, 0.2) is 40.9 Å². The van der Waals surface area contributed by atoms with Crippen LogP contribution < -0.4 is 4.74 Å². The SMILES string of the molecule is O=[N+]([O-])c1cc(I)ccc1Oc1ccc(F)c(Br)c1. The zero-order valence-corrected chi connectivity index (χ0v) is 13.0. The molecule has 2 aromatic rings. The highest BCUT2D eigenvalue weighted by Gasteiger charge is 2.16. The van der Waals surface area contributed by atoms with Crippen molar-refractivity contribution in [3.63, 3.8) is 0 Å². The van der Waals surface area contributed by atoms with Gasteiger partial charge in [0.2, 0.25) is 5.75 Å². The Bertz CT molecular complexity index is 651. The molecule has 0 heterocycles. The van der Waals surface area contributed by atoms with Crippen LogP contribution in [-0.2, 0) is 0 Å². The van der Waals surface area contributed by atoms with Crippen molar-refractivity contribution in [3.05, 3.63) is 60.4 Å². The summed E-state index contributed by atoms with van der Waals surface area (Å²) < 4.78 is 19.5. The Hall–Kier alpha value is -1.22. The first-order valence-electron chi connectivity index (χ1n) is 5.04. The lowest BCUT2D eigenvalue weighted by Gasteiger charge is -2.07. The third-order valence-corrected chi connectivity index (χ3v) is 3.52. The van der Waals surface area contributed by atoms with E-state index in [4.69, 9.17) is 4.74 Å². The first-order valence-corrected chi connectivity index (χ1v) is 6.91. The first kappa shape index (κ1) is 14.2. The molecule has 0 fully saturated rings. The maximum atomic E-state index is 13.1. The number of rotatable bonds is 3. The minimum Gasteiger partial charge on any atom is -0.450 e. The van der Waals surface area contributed by atoms with Crippen molar-refractivity contribution in [3.8, 4) is 11.5 Å². The molecule has 0 bridgehead atoms. The number of benzene rings is 2. The highest BCUT2D eigenvalue weighted by atomic mass is 127. The van der Waals surface area contributed by atoms with Gasteiger partial charge in [-0.25, -0.2) is 4.39 Å². The molecule has 0 aliphatic rings. The minimum absolute atomic E-state index is 0.115. The number of halogens is 3. The van der Waals surface area contributed by atoms with Crippen LogP contribution in [0, 0.1) is 19.5 Å². The molecule has 0 saturated heterocycles. The summed E-state index contributed by atoms with van der Waals surface area (Å²) in [6.07, 6.45) is 0. The number of hydrogen-bond donors (Lipinski definition) is 0. The average Bonchev–Trinajstić information content (AvgIpc) is 2.36. The standard InChI is InChI=1S/C12H6BrFINO3/c13-9-6-8(2-3-10(9)14)19-12-4-1-7(15)5-11(12)16(17)18/h1-6H. The van der Waals surface area contributed by atoms with E-state index in [1.165, 1.54) is 30.3 Å². The van der Waals surface area contributed by atoms with E-state index < -0.39 is 10.7 Å². The van der Waals surface area contributed by atoms with Gasteiger partial charge in [-0.15, -0.1) is 0 Å². The first-order chi connectivity index (χ1) is 8.97. The molecule has 0 unspecified atom stereocenters. The number of nitro groups is 1. The van der Waals surface area contributed by atoms with E-state index in [0.717, 1.165) is 3.57 Å². The van der Waals surface area contributed by atoms with Gasteiger partial charge in [-0.1, -0.05) is 0 Å². The van der Waals surface area contributed by atoms with Crippen molar-refractivity contribution in [1.29, 1.82) is 0 Å². The fourth-order valence-corrected chi connectivity index (χ4v) is 2.22. The van der Waals surface area contributed by atoms with Crippen LogP contribution in [0.2, 0.25) is 0 Å². The second-order valence-corrected chi connectivity index (χ2v) is 5.65. The quantitative estimate of drug-likeness (QED) is 0.390. The molecule has 2 rings (SSSR count). The molecule has 19 heavy (non-hydrogen) atoms. The molecule has 0 aliphatic heterocycles. The molecule has 0 radical (unpaired) electrons. The number of hydrogen-bond acceptors (Lipinski definition) is 3. The predicted octanol–water partition coefficient (Wildman–Crippen LogP) is 4.89. The Morgan fingerprint density at radius 2 is 2.00 bits per heavy atom. The fourth-order valence-electron chi connectivity index (χ4n) is 1.39. The van der Waals surface area contributed by atoms with Crippen molar-refractivity contribution in [2.24, 2.45) is 0 Å². The largest absolute Gasteiger partial charge is 0.450 e. The lowest BCUT2D eigenvalue weighted by Crippen LogP contribution is -1.94. The van der Waals surface area contributed by atoms with E-state index in [-0.39, 0.29) is 15.9 Å². The highest BCUT2D eigenvalue weighted by Crippen LogP contribution is 2.33. The Morgan fingerprint density at radius 3 is 2.63 bits per heavy atom. The highest BCUT2D eigenvalue weighted by molar-refractivity contribution is 14.1. The molecular formula is C12H6BrFINO3. The van der Waals surface area contributed by atoms with E-state index in [1.807, 2.05) is 22.6 Å². The van der Waals surface area contributed by atoms with Crippen molar-refractivity contribution >= 4 is 44.2 Å². The van der Waals surface area contributed by atoms with E-state index in [9.17, 15) is 14.5 Å².